The number of likely N-dealkylation sites (tertiary alicyclic amines) is 2. The summed E-state index contributed by atoms with van der Waals surface area (Å²) in [6, 6.07) is 15.1. The van der Waals surface area contributed by atoms with Crippen LogP contribution in [0.25, 0.3) is 10.9 Å². The van der Waals surface area contributed by atoms with Crippen molar-refractivity contribution in [2.45, 2.75) is 38.0 Å². The van der Waals surface area contributed by atoms with Crippen LogP contribution in [0.3, 0.4) is 0 Å². The Balaban J connectivity index is 0.000000477. The first-order chi connectivity index (χ1) is 17.6. The van der Waals surface area contributed by atoms with Gasteiger partial charge in [0, 0.05) is 51.5 Å². The summed E-state index contributed by atoms with van der Waals surface area (Å²) >= 11 is 0. The van der Waals surface area contributed by atoms with Crippen LogP contribution in [0.15, 0.2) is 54.7 Å². The summed E-state index contributed by atoms with van der Waals surface area (Å²) in [5.74, 6) is 1.07. The third-order valence-electron chi connectivity index (χ3n) is 7.97. The molecule has 192 valence electrons. The number of hydrogen-bond donors (Lipinski definition) is 0. The number of fused-ring (bicyclic) bond motifs is 1. The van der Waals surface area contributed by atoms with Crippen molar-refractivity contribution < 1.29 is 13.9 Å². The van der Waals surface area contributed by atoms with Crippen molar-refractivity contribution >= 4 is 16.8 Å². The number of aromatic nitrogens is 1. The second-order valence-electron chi connectivity index (χ2n) is 10.5. The van der Waals surface area contributed by atoms with Crippen LogP contribution in [0.5, 0.6) is 0 Å². The summed E-state index contributed by atoms with van der Waals surface area (Å²) in [4.78, 5) is 17.8. The highest BCUT2D eigenvalue weighted by atomic mass is 19.1. The Labute approximate surface area is 213 Å². The summed E-state index contributed by atoms with van der Waals surface area (Å²) in [5, 5.41) is 1.12. The van der Waals surface area contributed by atoms with E-state index >= 15 is 0 Å². The third-order valence-corrected chi connectivity index (χ3v) is 7.97. The zero-order valence-corrected chi connectivity index (χ0v) is 21.4. The standard InChI is InChI=1S/C26H30FN3O.C4H8O/c1-28-13-10-22-3-2-4-24(25(22)28)26(31)30-16-9-19(18-30)17-29-14-11-21(12-15-29)20-5-7-23(27)8-6-20;1-2-4-5-3-1/h2-8,10,13,19,21H,9,11-12,14-18H2,1H3;1-4H2/t19-;/m1./s1. The number of piperidine rings is 1. The summed E-state index contributed by atoms with van der Waals surface area (Å²) in [7, 11) is 2.00. The maximum atomic E-state index is 13.2. The van der Waals surface area contributed by atoms with Crippen LogP contribution in [0.1, 0.15) is 53.9 Å². The number of amides is 1. The third kappa shape index (κ3) is 5.81. The van der Waals surface area contributed by atoms with Gasteiger partial charge in [0.2, 0.25) is 0 Å². The van der Waals surface area contributed by atoms with E-state index in [2.05, 4.69) is 17.0 Å². The van der Waals surface area contributed by atoms with E-state index in [1.807, 2.05) is 47.0 Å². The van der Waals surface area contributed by atoms with E-state index in [1.165, 1.54) is 18.4 Å². The summed E-state index contributed by atoms with van der Waals surface area (Å²) in [6.07, 6.45) is 7.89. The molecular formula is C30H38FN3O2. The molecule has 1 atom stereocenters. The lowest BCUT2D eigenvalue weighted by atomic mass is 9.89. The minimum absolute atomic E-state index is 0.157. The van der Waals surface area contributed by atoms with Gasteiger partial charge in [-0.15, -0.1) is 0 Å². The van der Waals surface area contributed by atoms with E-state index in [9.17, 15) is 9.18 Å². The van der Waals surface area contributed by atoms with Crippen molar-refractivity contribution in [2.75, 3.05) is 45.9 Å². The highest BCUT2D eigenvalue weighted by Crippen LogP contribution is 2.30. The molecule has 0 saturated carbocycles. The molecule has 6 rings (SSSR count). The molecule has 3 aromatic rings. The number of carbonyl (C=O) groups excluding carboxylic acids is 1. The van der Waals surface area contributed by atoms with Crippen molar-refractivity contribution in [3.63, 3.8) is 0 Å². The van der Waals surface area contributed by atoms with E-state index in [1.54, 1.807) is 12.1 Å². The summed E-state index contributed by atoms with van der Waals surface area (Å²) in [6.45, 7) is 6.91. The molecule has 5 nitrogen and oxygen atoms in total. The van der Waals surface area contributed by atoms with Gasteiger partial charge in [0.15, 0.2) is 0 Å². The molecule has 6 heteroatoms. The van der Waals surface area contributed by atoms with Crippen LogP contribution in [-0.4, -0.2) is 66.2 Å². The van der Waals surface area contributed by atoms with Gasteiger partial charge in [0.1, 0.15) is 5.82 Å². The van der Waals surface area contributed by atoms with Crippen molar-refractivity contribution in [2.24, 2.45) is 13.0 Å². The van der Waals surface area contributed by atoms with Gasteiger partial charge in [0.05, 0.1) is 11.1 Å². The maximum absolute atomic E-state index is 13.2. The largest absolute Gasteiger partial charge is 0.381 e. The summed E-state index contributed by atoms with van der Waals surface area (Å²) in [5.41, 5.74) is 3.10. The lowest BCUT2D eigenvalue weighted by Crippen LogP contribution is -2.37. The molecule has 4 heterocycles. The van der Waals surface area contributed by atoms with E-state index in [4.69, 9.17) is 4.74 Å². The molecule has 3 fully saturated rings. The fourth-order valence-electron chi connectivity index (χ4n) is 5.92. The van der Waals surface area contributed by atoms with E-state index in [0.29, 0.717) is 11.8 Å². The van der Waals surface area contributed by atoms with Gasteiger partial charge in [-0.2, -0.15) is 0 Å². The molecule has 0 N–H and O–H groups in total. The molecule has 0 bridgehead atoms. The normalized spacial score (nSPS) is 21.1. The SMILES string of the molecule is C1CCOC1.Cn1ccc2cccc(C(=O)N3CC[C@H](CN4CCC(c5ccc(F)cc5)CC4)C3)c21. The van der Waals surface area contributed by atoms with Crippen LogP contribution in [0.4, 0.5) is 4.39 Å². The van der Waals surface area contributed by atoms with E-state index < -0.39 is 0 Å². The molecule has 0 unspecified atom stereocenters. The van der Waals surface area contributed by atoms with Crippen LogP contribution in [0.2, 0.25) is 0 Å². The average molecular weight is 492 g/mol. The zero-order valence-electron chi connectivity index (χ0n) is 21.4. The van der Waals surface area contributed by atoms with Crippen molar-refractivity contribution in [1.29, 1.82) is 0 Å². The molecule has 0 spiro atoms. The molecule has 3 aliphatic rings. The monoisotopic (exact) mass is 491 g/mol. The molecule has 0 aliphatic carbocycles. The minimum atomic E-state index is -0.162. The lowest BCUT2D eigenvalue weighted by Gasteiger charge is -2.33. The van der Waals surface area contributed by atoms with Crippen LogP contribution < -0.4 is 0 Å². The van der Waals surface area contributed by atoms with E-state index in [0.717, 1.165) is 81.7 Å². The molecular weight excluding hydrogens is 453 g/mol. The number of benzene rings is 2. The minimum Gasteiger partial charge on any atom is -0.381 e. The van der Waals surface area contributed by atoms with Crippen molar-refractivity contribution in [3.8, 4) is 0 Å². The number of hydrogen-bond acceptors (Lipinski definition) is 3. The van der Waals surface area contributed by atoms with Gasteiger partial charge < -0.3 is 19.1 Å². The smallest absolute Gasteiger partial charge is 0.256 e. The van der Waals surface area contributed by atoms with Crippen LogP contribution in [-0.2, 0) is 11.8 Å². The van der Waals surface area contributed by atoms with Crippen molar-refractivity contribution in [3.05, 3.63) is 71.7 Å². The maximum Gasteiger partial charge on any atom is 0.256 e. The van der Waals surface area contributed by atoms with E-state index in [-0.39, 0.29) is 11.7 Å². The Morgan fingerprint density at radius 3 is 2.42 bits per heavy atom. The fourth-order valence-corrected chi connectivity index (χ4v) is 5.92. The Morgan fingerprint density at radius 2 is 1.72 bits per heavy atom. The molecule has 3 saturated heterocycles. The van der Waals surface area contributed by atoms with Gasteiger partial charge in [-0.3, -0.25) is 4.79 Å². The quantitative estimate of drug-likeness (QED) is 0.487. The zero-order chi connectivity index (χ0) is 24.9. The first-order valence-corrected chi connectivity index (χ1v) is 13.5. The van der Waals surface area contributed by atoms with Gasteiger partial charge in [0.25, 0.3) is 5.91 Å². The summed E-state index contributed by atoms with van der Waals surface area (Å²) < 4.78 is 20.2. The van der Waals surface area contributed by atoms with Gasteiger partial charge in [-0.1, -0.05) is 24.3 Å². The Morgan fingerprint density at radius 1 is 0.972 bits per heavy atom. The van der Waals surface area contributed by atoms with Gasteiger partial charge in [-0.05, 0) is 86.9 Å². The molecule has 1 amide bonds. The highest BCUT2D eigenvalue weighted by molar-refractivity contribution is 6.06. The molecule has 0 radical (unpaired) electrons. The number of rotatable bonds is 4. The Kier molecular flexibility index (Phi) is 8.02. The lowest BCUT2D eigenvalue weighted by molar-refractivity contribution is 0.0783. The van der Waals surface area contributed by atoms with Gasteiger partial charge >= 0.3 is 0 Å². The van der Waals surface area contributed by atoms with Crippen molar-refractivity contribution in [1.82, 2.24) is 14.4 Å². The number of nitrogens with zero attached hydrogens (tertiary/aromatic N) is 3. The number of aryl methyl sites for hydroxylation is 1. The Hall–Kier alpha value is -2.70. The van der Waals surface area contributed by atoms with Crippen LogP contribution in [0, 0.1) is 11.7 Å². The number of ether oxygens (including phenoxy) is 1. The van der Waals surface area contributed by atoms with Gasteiger partial charge in [-0.25, -0.2) is 4.39 Å². The highest BCUT2D eigenvalue weighted by Gasteiger charge is 2.30. The Bertz CT molecular complexity index is 1140. The number of halogens is 1. The molecule has 36 heavy (non-hydrogen) atoms. The molecule has 1 aromatic heterocycles. The predicted octanol–water partition coefficient (Wildman–Crippen LogP) is 5.46. The number of carbonyl (C=O) groups is 1. The average Bonchev–Trinajstić information content (AvgIpc) is 3.69. The predicted molar refractivity (Wildman–Crippen MR) is 142 cm³/mol. The fraction of sp³-hybridized carbons (Fsp3) is 0.500. The first-order valence-electron chi connectivity index (χ1n) is 13.5. The molecule has 2 aromatic carbocycles. The topological polar surface area (TPSA) is 37.7 Å². The second kappa shape index (κ2) is 11.6. The van der Waals surface area contributed by atoms with Crippen LogP contribution >= 0.6 is 0 Å². The number of para-hydroxylation sites is 1. The second-order valence-corrected chi connectivity index (χ2v) is 10.5. The first kappa shape index (κ1) is 25.0. The molecule has 3 aliphatic heterocycles.